The summed E-state index contributed by atoms with van der Waals surface area (Å²) in [4.78, 5) is 1.32. The van der Waals surface area contributed by atoms with Crippen LogP contribution in [0.4, 0.5) is 13.2 Å². The number of piperazine rings is 1. The van der Waals surface area contributed by atoms with Gasteiger partial charge in [-0.1, -0.05) is 12.1 Å². The zero-order valence-corrected chi connectivity index (χ0v) is 15.1. The standard InChI is InChI=1S/C13H18F3N3O2S.2ClH/c14-13(15,16)11-3-1-2-4-12(11)22(20,21)18-7-10-19-8-5-17-6-9-19;;/h1-4,17-18H,5-10H2;2*1H. The van der Waals surface area contributed by atoms with Crippen LogP contribution in [-0.4, -0.2) is 52.6 Å². The fourth-order valence-electron chi connectivity index (χ4n) is 2.29. The van der Waals surface area contributed by atoms with Gasteiger partial charge in [0.1, 0.15) is 0 Å². The Morgan fingerprint density at radius 3 is 2.29 bits per heavy atom. The summed E-state index contributed by atoms with van der Waals surface area (Å²) in [6.07, 6.45) is -4.70. The number of nitrogens with zero attached hydrogens (tertiary/aromatic N) is 1. The van der Waals surface area contributed by atoms with Crippen LogP contribution in [0.5, 0.6) is 0 Å². The first-order chi connectivity index (χ1) is 10.3. The number of hydrogen-bond donors (Lipinski definition) is 2. The van der Waals surface area contributed by atoms with E-state index < -0.39 is 26.7 Å². The van der Waals surface area contributed by atoms with Gasteiger partial charge in [0.05, 0.1) is 10.5 Å². The minimum Gasteiger partial charge on any atom is -0.314 e. The third-order valence-electron chi connectivity index (χ3n) is 3.41. The van der Waals surface area contributed by atoms with Gasteiger partial charge in [-0.2, -0.15) is 13.2 Å². The van der Waals surface area contributed by atoms with E-state index in [1.807, 2.05) is 0 Å². The molecule has 2 rings (SSSR count). The molecule has 1 aromatic rings. The van der Waals surface area contributed by atoms with Crippen LogP contribution in [-0.2, 0) is 16.2 Å². The van der Waals surface area contributed by atoms with Crippen LogP contribution in [0, 0.1) is 0 Å². The minimum absolute atomic E-state index is 0. The molecule has 0 aliphatic carbocycles. The summed E-state index contributed by atoms with van der Waals surface area (Å²) in [5, 5.41) is 3.17. The predicted molar refractivity (Wildman–Crippen MR) is 90.4 cm³/mol. The quantitative estimate of drug-likeness (QED) is 0.777. The van der Waals surface area contributed by atoms with Crippen molar-refractivity contribution in [3.8, 4) is 0 Å². The lowest BCUT2D eigenvalue weighted by atomic mass is 10.2. The SMILES string of the molecule is Cl.Cl.O=S(=O)(NCCN1CCNCC1)c1ccccc1C(F)(F)F. The highest BCUT2D eigenvalue weighted by Gasteiger charge is 2.36. The Morgan fingerprint density at radius 2 is 1.71 bits per heavy atom. The fourth-order valence-corrected chi connectivity index (χ4v) is 3.53. The summed E-state index contributed by atoms with van der Waals surface area (Å²) in [5.74, 6) is 0. The number of alkyl halides is 3. The van der Waals surface area contributed by atoms with Crippen molar-refractivity contribution >= 4 is 34.8 Å². The maximum Gasteiger partial charge on any atom is 0.417 e. The van der Waals surface area contributed by atoms with Gasteiger partial charge in [0, 0.05) is 39.3 Å². The lowest BCUT2D eigenvalue weighted by molar-refractivity contribution is -0.139. The van der Waals surface area contributed by atoms with Crippen molar-refractivity contribution in [1.29, 1.82) is 0 Å². The van der Waals surface area contributed by atoms with E-state index in [4.69, 9.17) is 0 Å². The maximum atomic E-state index is 12.9. The van der Waals surface area contributed by atoms with Gasteiger partial charge >= 0.3 is 6.18 Å². The molecule has 5 nitrogen and oxygen atoms in total. The van der Waals surface area contributed by atoms with Gasteiger partial charge in [-0.15, -0.1) is 24.8 Å². The number of nitrogens with one attached hydrogen (secondary N) is 2. The molecule has 0 aromatic heterocycles. The van der Waals surface area contributed by atoms with Crippen LogP contribution < -0.4 is 10.0 Å². The zero-order chi connectivity index (χ0) is 16.2. The Morgan fingerprint density at radius 1 is 1.12 bits per heavy atom. The van der Waals surface area contributed by atoms with Crippen LogP contribution in [0.2, 0.25) is 0 Å². The molecule has 1 aliphatic heterocycles. The minimum atomic E-state index is -4.70. The molecule has 2 N–H and O–H groups in total. The van der Waals surface area contributed by atoms with Crippen LogP contribution in [0.25, 0.3) is 0 Å². The molecule has 24 heavy (non-hydrogen) atoms. The van der Waals surface area contributed by atoms with E-state index in [1.54, 1.807) is 0 Å². The summed E-state index contributed by atoms with van der Waals surface area (Å²) >= 11 is 0. The van der Waals surface area contributed by atoms with Gasteiger partial charge in [0.15, 0.2) is 0 Å². The number of benzene rings is 1. The lowest BCUT2D eigenvalue weighted by Gasteiger charge is -2.27. The largest absolute Gasteiger partial charge is 0.417 e. The molecular weight excluding hydrogens is 390 g/mol. The summed E-state index contributed by atoms with van der Waals surface area (Å²) < 4.78 is 65.1. The maximum absolute atomic E-state index is 12.9. The van der Waals surface area contributed by atoms with Crippen LogP contribution in [0.3, 0.4) is 0 Å². The van der Waals surface area contributed by atoms with E-state index in [2.05, 4.69) is 14.9 Å². The first-order valence-corrected chi connectivity index (χ1v) is 8.38. The van der Waals surface area contributed by atoms with E-state index in [0.29, 0.717) is 6.54 Å². The summed E-state index contributed by atoms with van der Waals surface area (Å²) in [7, 11) is -4.19. The molecule has 1 heterocycles. The summed E-state index contributed by atoms with van der Waals surface area (Å²) in [5.41, 5.74) is -1.15. The van der Waals surface area contributed by atoms with Crippen molar-refractivity contribution in [2.75, 3.05) is 39.3 Å². The van der Waals surface area contributed by atoms with Crippen molar-refractivity contribution < 1.29 is 21.6 Å². The number of halogens is 5. The third kappa shape index (κ3) is 6.38. The highest BCUT2D eigenvalue weighted by Crippen LogP contribution is 2.33. The summed E-state index contributed by atoms with van der Waals surface area (Å²) in [6, 6.07) is 4.18. The van der Waals surface area contributed by atoms with Crippen molar-refractivity contribution in [2.45, 2.75) is 11.1 Å². The zero-order valence-electron chi connectivity index (χ0n) is 12.7. The molecule has 140 valence electrons. The highest BCUT2D eigenvalue weighted by atomic mass is 35.5. The molecule has 0 spiro atoms. The molecule has 1 fully saturated rings. The number of sulfonamides is 1. The Bertz CT molecular complexity index is 609. The molecule has 0 radical (unpaired) electrons. The highest BCUT2D eigenvalue weighted by molar-refractivity contribution is 7.89. The van der Waals surface area contributed by atoms with E-state index in [1.165, 1.54) is 12.1 Å². The molecule has 0 bridgehead atoms. The van der Waals surface area contributed by atoms with Crippen LogP contribution >= 0.6 is 24.8 Å². The van der Waals surface area contributed by atoms with E-state index in [-0.39, 0.29) is 31.4 Å². The van der Waals surface area contributed by atoms with Gasteiger partial charge in [0.25, 0.3) is 0 Å². The van der Waals surface area contributed by atoms with Gasteiger partial charge in [-0.05, 0) is 12.1 Å². The van der Waals surface area contributed by atoms with Crippen molar-refractivity contribution in [2.24, 2.45) is 0 Å². The molecule has 1 aromatic carbocycles. The van der Waals surface area contributed by atoms with Crippen molar-refractivity contribution in [3.63, 3.8) is 0 Å². The average molecular weight is 410 g/mol. The first-order valence-electron chi connectivity index (χ1n) is 6.90. The normalized spacial score (nSPS) is 16.1. The fraction of sp³-hybridized carbons (Fsp3) is 0.538. The van der Waals surface area contributed by atoms with Gasteiger partial charge in [0.2, 0.25) is 10.0 Å². The third-order valence-corrected chi connectivity index (χ3v) is 4.93. The van der Waals surface area contributed by atoms with Crippen LogP contribution in [0.1, 0.15) is 5.56 Å². The average Bonchev–Trinajstić information content (AvgIpc) is 2.47. The lowest BCUT2D eigenvalue weighted by Crippen LogP contribution is -2.46. The molecule has 0 atom stereocenters. The monoisotopic (exact) mass is 409 g/mol. The Balaban J connectivity index is 0.00000264. The Labute approximate surface area is 151 Å². The molecule has 1 saturated heterocycles. The molecular formula is C13H20Cl2F3N3O2S. The molecule has 0 unspecified atom stereocenters. The van der Waals surface area contributed by atoms with Gasteiger partial charge in [-0.25, -0.2) is 13.1 Å². The molecule has 0 saturated carbocycles. The van der Waals surface area contributed by atoms with E-state index >= 15 is 0 Å². The number of hydrogen-bond acceptors (Lipinski definition) is 4. The first kappa shape index (κ1) is 23.4. The second-order valence-corrected chi connectivity index (χ2v) is 6.72. The number of rotatable bonds is 5. The Hall–Kier alpha value is -0.580. The topological polar surface area (TPSA) is 61.4 Å². The molecule has 1 aliphatic rings. The summed E-state index contributed by atoms with van der Waals surface area (Å²) in [6.45, 7) is 3.78. The van der Waals surface area contributed by atoms with Gasteiger partial charge < -0.3 is 5.32 Å². The van der Waals surface area contributed by atoms with Crippen molar-refractivity contribution in [1.82, 2.24) is 14.9 Å². The van der Waals surface area contributed by atoms with Crippen molar-refractivity contribution in [3.05, 3.63) is 29.8 Å². The van der Waals surface area contributed by atoms with Crippen LogP contribution in [0.15, 0.2) is 29.2 Å². The molecule has 11 heteroatoms. The van der Waals surface area contributed by atoms with E-state index in [0.717, 1.165) is 38.3 Å². The van der Waals surface area contributed by atoms with E-state index in [9.17, 15) is 21.6 Å². The van der Waals surface area contributed by atoms with Gasteiger partial charge in [-0.3, -0.25) is 4.90 Å². The smallest absolute Gasteiger partial charge is 0.314 e. The Kier molecular flexibility index (Phi) is 9.55. The molecule has 0 amide bonds. The second kappa shape index (κ2) is 9.79. The predicted octanol–water partition coefficient (Wildman–Crippen LogP) is 1.73. The second-order valence-electron chi connectivity index (χ2n) is 4.98.